The SMILES string of the molecule is Cc1[nH]c2c(F)cc(F)c(F)c2c1C(C)N. The third-order valence-electron chi connectivity index (χ3n) is 2.61. The Morgan fingerprint density at radius 2 is 1.88 bits per heavy atom. The Balaban J connectivity index is 2.97. The molecule has 0 bridgehead atoms. The highest BCUT2D eigenvalue weighted by molar-refractivity contribution is 5.86. The molecule has 1 atom stereocenters. The highest BCUT2D eigenvalue weighted by Gasteiger charge is 2.21. The molecule has 0 saturated heterocycles. The molecule has 1 aromatic heterocycles. The van der Waals surface area contributed by atoms with Gasteiger partial charge in [0.2, 0.25) is 0 Å². The summed E-state index contributed by atoms with van der Waals surface area (Å²) in [7, 11) is 0. The summed E-state index contributed by atoms with van der Waals surface area (Å²) in [4.78, 5) is 2.68. The number of nitrogens with two attached hydrogens (primary N) is 1. The standard InChI is InChI=1S/C11H11F3N2/c1-4(15)8-5(2)16-11-7(13)3-6(12)10(14)9(8)11/h3-4,16H,15H2,1-2H3. The van der Waals surface area contributed by atoms with Gasteiger partial charge >= 0.3 is 0 Å². The quantitative estimate of drug-likeness (QED) is 0.724. The molecule has 0 aliphatic rings. The van der Waals surface area contributed by atoms with Crippen LogP contribution in [0.2, 0.25) is 0 Å². The number of rotatable bonds is 1. The largest absolute Gasteiger partial charge is 0.356 e. The molecule has 1 heterocycles. The summed E-state index contributed by atoms with van der Waals surface area (Å²) >= 11 is 0. The minimum Gasteiger partial charge on any atom is -0.356 e. The Labute approximate surface area is 90.3 Å². The second-order valence-electron chi connectivity index (χ2n) is 3.86. The monoisotopic (exact) mass is 228 g/mol. The molecule has 16 heavy (non-hydrogen) atoms. The van der Waals surface area contributed by atoms with Gasteiger partial charge in [-0.2, -0.15) is 0 Å². The van der Waals surface area contributed by atoms with Crippen LogP contribution in [-0.4, -0.2) is 4.98 Å². The highest BCUT2D eigenvalue weighted by Crippen LogP contribution is 2.31. The lowest BCUT2D eigenvalue weighted by Gasteiger charge is -2.06. The van der Waals surface area contributed by atoms with E-state index in [0.29, 0.717) is 17.3 Å². The van der Waals surface area contributed by atoms with Crippen molar-refractivity contribution in [3.63, 3.8) is 0 Å². The smallest absolute Gasteiger partial charge is 0.168 e. The van der Waals surface area contributed by atoms with Crippen molar-refractivity contribution in [3.05, 3.63) is 34.8 Å². The number of nitrogens with one attached hydrogen (secondary N) is 1. The van der Waals surface area contributed by atoms with Gasteiger partial charge in [-0.05, 0) is 19.4 Å². The van der Waals surface area contributed by atoms with E-state index in [0.717, 1.165) is 0 Å². The molecule has 5 heteroatoms. The zero-order valence-corrected chi connectivity index (χ0v) is 8.87. The van der Waals surface area contributed by atoms with Crippen molar-refractivity contribution >= 4 is 10.9 Å². The van der Waals surface area contributed by atoms with E-state index in [2.05, 4.69) is 4.98 Å². The molecule has 0 saturated carbocycles. The normalized spacial score (nSPS) is 13.4. The van der Waals surface area contributed by atoms with Gasteiger partial charge in [-0.15, -0.1) is 0 Å². The molecule has 1 aromatic carbocycles. The minimum absolute atomic E-state index is 0.0382. The Morgan fingerprint density at radius 1 is 1.25 bits per heavy atom. The Hall–Kier alpha value is -1.49. The Morgan fingerprint density at radius 3 is 2.44 bits per heavy atom. The topological polar surface area (TPSA) is 41.8 Å². The van der Waals surface area contributed by atoms with E-state index in [1.807, 2.05) is 0 Å². The van der Waals surface area contributed by atoms with Crippen LogP contribution in [0.3, 0.4) is 0 Å². The summed E-state index contributed by atoms with van der Waals surface area (Å²) in [5.41, 5.74) is 6.58. The van der Waals surface area contributed by atoms with Gasteiger partial charge in [0.1, 0.15) is 5.82 Å². The zero-order chi connectivity index (χ0) is 12.0. The van der Waals surface area contributed by atoms with Crippen LogP contribution in [0.1, 0.15) is 24.2 Å². The average molecular weight is 228 g/mol. The molecule has 86 valence electrons. The van der Waals surface area contributed by atoms with E-state index < -0.39 is 23.5 Å². The molecule has 0 aliphatic heterocycles. The molecular formula is C11H11F3N2. The molecule has 2 rings (SSSR count). The van der Waals surface area contributed by atoms with E-state index in [4.69, 9.17) is 5.73 Å². The molecule has 0 radical (unpaired) electrons. The van der Waals surface area contributed by atoms with Crippen molar-refractivity contribution in [1.29, 1.82) is 0 Å². The fourth-order valence-corrected chi connectivity index (χ4v) is 1.98. The number of aromatic nitrogens is 1. The van der Waals surface area contributed by atoms with Gasteiger partial charge < -0.3 is 10.7 Å². The molecule has 2 nitrogen and oxygen atoms in total. The van der Waals surface area contributed by atoms with Crippen molar-refractivity contribution in [2.45, 2.75) is 19.9 Å². The van der Waals surface area contributed by atoms with Gasteiger partial charge in [0.15, 0.2) is 11.6 Å². The molecule has 1 unspecified atom stereocenters. The Bertz CT molecular complexity index is 558. The highest BCUT2D eigenvalue weighted by atomic mass is 19.2. The first kappa shape index (κ1) is 11.0. The van der Waals surface area contributed by atoms with Crippen LogP contribution < -0.4 is 5.73 Å². The first-order valence-corrected chi connectivity index (χ1v) is 4.84. The van der Waals surface area contributed by atoms with Gasteiger partial charge in [-0.3, -0.25) is 0 Å². The molecule has 2 aromatic rings. The summed E-state index contributed by atoms with van der Waals surface area (Å²) in [5, 5.41) is -0.0926. The first-order valence-electron chi connectivity index (χ1n) is 4.84. The molecule has 0 fully saturated rings. The fraction of sp³-hybridized carbons (Fsp3) is 0.273. The van der Waals surface area contributed by atoms with Crippen LogP contribution >= 0.6 is 0 Å². The maximum Gasteiger partial charge on any atom is 0.168 e. The van der Waals surface area contributed by atoms with Crippen LogP contribution in [-0.2, 0) is 0 Å². The van der Waals surface area contributed by atoms with Crippen LogP contribution in [0, 0.1) is 24.4 Å². The minimum atomic E-state index is -1.20. The number of halogens is 3. The summed E-state index contributed by atoms with van der Waals surface area (Å²) < 4.78 is 40.1. The molecule has 0 spiro atoms. The molecule has 0 aliphatic carbocycles. The number of hydrogen-bond donors (Lipinski definition) is 2. The predicted octanol–water partition coefficient (Wildman–Crippen LogP) is 2.91. The number of hydrogen-bond acceptors (Lipinski definition) is 1. The number of aryl methyl sites for hydroxylation is 1. The first-order chi connectivity index (χ1) is 7.43. The zero-order valence-electron chi connectivity index (χ0n) is 8.87. The lowest BCUT2D eigenvalue weighted by atomic mass is 10.0. The summed E-state index contributed by atoms with van der Waals surface area (Å²) in [6, 6.07) is 0.0305. The molecule has 0 amide bonds. The van der Waals surface area contributed by atoms with Crippen molar-refractivity contribution in [3.8, 4) is 0 Å². The van der Waals surface area contributed by atoms with Gasteiger partial charge in [0, 0.05) is 23.2 Å². The number of aromatic amines is 1. The second-order valence-corrected chi connectivity index (χ2v) is 3.86. The lowest BCUT2D eigenvalue weighted by Crippen LogP contribution is -2.06. The van der Waals surface area contributed by atoms with E-state index in [-0.39, 0.29) is 10.9 Å². The number of H-pyrrole nitrogens is 1. The van der Waals surface area contributed by atoms with Crippen LogP contribution in [0.5, 0.6) is 0 Å². The lowest BCUT2D eigenvalue weighted by molar-refractivity contribution is 0.505. The fourth-order valence-electron chi connectivity index (χ4n) is 1.98. The van der Waals surface area contributed by atoms with Crippen LogP contribution in [0.25, 0.3) is 10.9 Å². The predicted molar refractivity (Wildman–Crippen MR) is 55.5 cm³/mol. The van der Waals surface area contributed by atoms with Crippen LogP contribution in [0.4, 0.5) is 13.2 Å². The number of fused-ring (bicyclic) bond motifs is 1. The van der Waals surface area contributed by atoms with E-state index in [1.165, 1.54) is 0 Å². The van der Waals surface area contributed by atoms with E-state index in [9.17, 15) is 13.2 Å². The molecular weight excluding hydrogens is 217 g/mol. The average Bonchev–Trinajstić information content (AvgIpc) is 2.53. The Kier molecular flexibility index (Phi) is 2.42. The number of benzene rings is 1. The summed E-state index contributed by atoms with van der Waals surface area (Å²) in [6.07, 6.45) is 0. The van der Waals surface area contributed by atoms with Crippen LogP contribution in [0.15, 0.2) is 6.07 Å². The maximum absolute atomic E-state index is 13.6. The molecule has 3 N–H and O–H groups in total. The van der Waals surface area contributed by atoms with Gasteiger partial charge in [-0.1, -0.05) is 0 Å². The van der Waals surface area contributed by atoms with Crippen molar-refractivity contribution in [1.82, 2.24) is 4.98 Å². The third-order valence-corrected chi connectivity index (χ3v) is 2.61. The van der Waals surface area contributed by atoms with Crippen molar-refractivity contribution in [2.75, 3.05) is 0 Å². The maximum atomic E-state index is 13.6. The van der Waals surface area contributed by atoms with Gasteiger partial charge in [0.05, 0.1) is 5.52 Å². The second kappa shape index (κ2) is 3.52. The van der Waals surface area contributed by atoms with Crippen molar-refractivity contribution < 1.29 is 13.2 Å². The summed E-state index contributed by atoms with van der Waals surface area (Å²) in [5.74, 6) is -3.08. The summed E-state index contributed by atoms with van der Waals surface area (Å²) in [6.45, 7) is 3.29. The third kappa shape index (κ3) is 1.39. The van der Waals surface area contributed by atoms with Gasteiger partial charge in [-0.25, -0.2) is 13.2 Å². The van der Waals surface area contributed by atoms with Crippen molar-refractivity contribution in [2.24, 2.45) is 5.73 Å². The van der Waals surface area contributed by atoms with E-state index >= 15 is 0 Å². The van der Waals surface area contributed by atoms with E-state index in [1.54, 1.807) is 13.8 Å². The van der Waals surface area contributed by atoms with Gasteiger partial charge in [0.25, 0.3) is 0 Å².